The van der Waals surface area contributed by atoms with E-state index in [1.54, 1.807) is 24.3 Å². The van der Waals surface area contributed by atoms with Crippen molar-refractivity contribution in [2.45, 2.75) is 43.3 Å². The average Bonchev–Trinajstić information content (AvgIpc) is 2.45. The maximum atomic E-state index is 12.3. The van der Waals surface area contributed by atoms with Crippen molar-refractivity contribution in [1.82, 2.24) is 0 Å². The van der Waals surface area contributed by atoms with Crippen LogP contribution in [0.5, 0.6) is 0 Å². The fourth-order valence-corrected chi connectivity index (χ4v) is 4.35. The second kappa shape index (κ2) is 6.87. The van der Waals surface area contributed by atoms with Gasteiger partial charge in [0.05, 0.1) is 9.79 Å². The molecule has 0 amide bonds. The van der Waals surface area contributed by atoms with E-state index in [1.807, 2.05) is 13.8 Å². The monoisotopic (exact) mass is 384 g/mol. The van der Waals surface area contributed by atoms with Crippen LogP contribution >= 0.6 is 0 Å². The van der Waals surface area contributed by atoms with Gasteiger partial charge in [-0.2, -0.15) is 16.8 Å². The minimum Gasteiger partial charge on any atom is -0.231 e. The Morgan fingerprint density at radius 3 is 1.20 bits per heavy atom. The van der Waals surface area contributed by atoms with Crippen LogP contribution < -0.4 is 0 Å². The van der Waals surface area contributed by atoms with Crippen LogP contribution in [-0.4, -0.2) is 22.6 Å². The van der Waals surface area contributed by atoms with E-state index >= 15 is 0 Å². The molecule has 0 spiro atoms. The minimum absolute atomic E-state index is 0.0810. The summed E-state index contributed by atoms with van der Waals surface area (Å²) < 4.78 is 59.3. The van der Waals surface area contributed by atoms with Crippen LogP contribution in [0.25, 0.3) is 0 Å². The highest BCUT2D eigenvalue weighted by atomic mass is 32.2. The number of aryl methyl sites for hydroxylation is 2. The van der Waals surface area contributed by atoms with Crippen molar-refractivity contribution in [3.8, 4) is 0 Å². The Morgan fingerprint density at radius 1 is 0.640 bits per heavy atom. The van der Waals surface area contributed by atoms with Gasteiger partial charge in [-0.3, -0.25) is 0 Å². The third-order valence-electron chi connectivity index (χ3n) is 3.24. The van der Waals surface area contributed by atoms with Crippen LogP contribution in [0, 0.1) is 13.8 Å². The second-order valence-corrected chi connectivity index (χ2v) is 9.19. The Bertz CT molecular complexity index is 862. The molecule has 0 aliphatic rings. The first kappa shape index (κ1) is 19.6. The van der Waals surface area contributed by atoms with Gasteiger partial charge in [0.25, 0.3) is 20.2 Å². The van der Waals surface area contributed by atoms with Crippen molar-refractivity contribution in [3.05, 3.63) is 59.7 Å². The molecule has 0 bridgehead atoms. The molecule has 0 unspecified atom stereocenters. The van der Waals surface area contributed by atoms with Gasteiger partial charge in [-0.25, -0.2) is 8.37 Å². The van der Waals surface area contributed by atoms with Crippen LogP contribution in [0.1, 0.15) is 25.0 Å². The number of hydrogen-bond donors (Lipinski definition) is 0. The molecule has 0 heterocycles. The molecule has 25 heavy (non-hydrogen) atoms. The first-order valence-corrected chi connectivity index (χ1v) is 10.3. The van der Waals surface area contributed by atoms with Gasteiger partial charge in [0.15, 0.2) is 5.79 Å². The zero-order chi connectivity index (χ0) is 18.9. The van der Waals surface area contributed by atoms with Gasteiger partial charge in [-0.05, 0) is 52.0 Å². The first-order valence-electron chi connectivity index (χ1n) is 7.46. The summed E-state index contributed by atoms with van der Waals surface area (Å²) in [5.41, 5.74) is 1.77. The third kappa shape index (κ3) is 5.12. The standard InChI is InChI=1S/C17H20O6S2/c1-13-5-9-15(10-6-13)24(18,19)22-17(3,4)23-25(20,21)16-11-7-14(2)8-12-16/h5-12H,1-4H3. The van der Waals surface area contributed by atoms with E-state index in [0.717, 1.165) is 11.1 Å². The highest BCUT2D eigenvalue weighted by Crippen LogP contribution is 2.26. The molecular weight excluding hydrogens is 364 g/mol. The summed E-state index contributed by atoms with van der Waals surface area (Å²) in [6.07, 6.45) is 0. The van der Waals surface area contributed by atoms with E-state index in [9.17, 15) is 16.8 Å². The summed E-state index contributed by atoms with van der Waals surface area (Å²) in [5, 5.41) is 0. The molecule has 0 aromatic heterocycles. The van der Waals surface area contributed by atoms with Gasteiger partial charge in [-0.1, -0.05) is 35.4 Å². The Labute approximate surface area is 148 Å². The quantitative estimate of drug-likeness (QED) is 0.562. The van der Waals surface area contributed by atoms with Crippen LogP contribution in [0.2, 0.25) is 0 Å². The van der Waals surface area contributed by atoms with Gasteiger partial charge in [0, 0.05) is 0 Å². The number of benzene rings is 2. The zero-order valence-electron chi connectivity index (χ0n) is 14.4. The Hall–Kier alpha value is -1.74. The smallest absolute Gasteiger partial charge is 0.231 e. The summed E-state index contributed by atoms with van der Waals surface area (Å²) in [7, 11) is -8.37. The predicted molar refractivity (Wildman–Crippen MR) is 93.0 cm³/mol. The maximum absolute atomic E-state index is 12.3. The van der Waals surface area contributed by atoms with Gasteiger partial charge in [0.1, 0.15) is 0 Å². The van der Waals surface area contributed by atoms with E-state index in [4.69, 9.17) is 8.37 Å². The molecule has 2 rings (SSSR count). The summed E-state index contributed by atoms with van der Waals surface area (Å²) in [6.45, 7) is 6.09. The Balaban J connectivity index is 2.23. The van der Waals surface area contributed by atoms with Gasteiger partial charge in [-0.15, -0.1) is 0 Å². The third-order valence-corrected chi connectivity index (χ3v) is 6.18. The van der Waals surface area contributed by atoms with E-state index in [0.29, 0.717) is 0 Å². The lowest BCUT2D eigenvalue weighted by atomic mass is 10.2. The van der Waals surface area contributed by atoms with E-state index in [2.05, 4.69) is 0 Å². The van der Waals surface area contributed by atoms with Gasteiger partial charge < -0.3 is 0 Å². The second-order valence-electron chi connectivity index (χ2n) is 6.10. The predicted octanol–water partition coefficient (Wildman–Crippen LogP) is 3.15. The van der Waals surface area contributed by atoms with Gasteiger partial charge in [0.2, 0.25) is 0 Å². The van der Waals surface area contributed by atoms with Crippen LogP contribution in [0.4, 0.5) is 0 Å². The molecule has 0 radical (unpaired) electrons. The minimum atomic E-state index is -4.19. The molecule has 0 saturated carbocycles. The van der Waals surface area contributed by atoms with Crippen LogP contribution in [0.15, 0.2) is 58.3 Å². The molecule has 0 saturated heterocycles. The summed E-state index contributed by atoms with van der Waals surface area (Å²) in [5.74, 6) is -1.91. The van der Waals surface area contributed by atoms with E-state index < -0.39 is 26.0 Å². The molecule has 2 aromatic rings. The fourth-order valence-electron chi connectivity index (χ4n) is 2.05. The summed E-state index contributed by atoms with van der Waals surface area (Å²) in [6, 6.07) is 12.0. The molecule has 6 nitrogen and oxygen atoms in total. The summed E-state index contributed by atoms with van der Waals surface area (Å²) in [4.78, 5) is -0.162. The lowest BCUT2D eigenvalue weighted by Crippen LogP contribution is -2.34. The lowest BCUT2D eigenvalue weighted by Gasteiger charge is -2.24. The average molecular weight is 384 g/mol. The number of hydrogen-bond acceptors (Lipinski definition) is 6. The van der Waals surface area contributed by atoms with Crippen molar-refractivity contribution in [1.29, 1.82) is 0 Å². The fraction of sp³-hybridized carbons (Fsp3) is 0.294. The largest absolute Gasteiger partial charge is 0.299 e. The molecule has 0 fully saturated rings. The molecular formula is C17H20O6S2. The van der Waals surface area contributed by atoms with Crippen molar-refractivity contribution in [2.75, 3.05) is 0 Å². The van der Waals surface area contributed by atoms with Crippen molar-refractivity contribution < 1.29 is 25.2 Å². The van der Waals surface area contributed by atoms with Gasteiger partial charge >= 0.3 is 0 Å². The molecule has 0 aliphatic carbocycles. The zero-order valence-corrected chi connectivity index (χ0v) is 16.0. The lowest BCUT2D eigenvalue weighted by molar-refractivity contribution is -0.0708. The topological polar surface area (TPSA) is 86.7 Å². The molecule has 0 N–H and O–H groups in total. The molecule has 136 valence electrons. The molecule has 0 atom stereocenters. The first-order chi connectivity index (χ1) is 11.4. The highest BCUT2D eigenvalue weighted by molar-refractivity contribution is 7.87. The van der Waals surface area contributed by atoms with Crippen LogP contribution in [-0.2, 0) is 28.6 Å². The maximum Gasteiger partial charge on any atom is 0.299 e. The normalized spacial score (nSPS) is 13.0. The molecule has 8 heteroatoms. The highest BCUT2D eigenvalue weighted by Gasteiger charge is 2.34. The van der Waals surface area contributed by atoms with Crippen molar-refractivity contribution >= 4 is 20.2 Å². The Morgan fingerprint density at radius 2 is 0.920 bits per heavy atom. The van der Waals surface area contributed by atoms with Crippen molar-refractivity contribution in [2.24, 2.45) is 0 Å². The Kier molecular flexibility index (Phi) is 5.38. The van der Waals surface area contributed by atoms with Crippen molar-refractivity contribution in [3.63, 3.8) is 0 Å². The number of rotatable bonds is 6. The summed E-state index contributed by atoms with van der Waals surface area (Å²) >= 11 is 0. The SMILES string of the molecule is Cc1ccc(S(=O)(=O)OC(C)(C)OS(=O)(=O)c2ccc(C)cc2)cc1. The van der Waals surface area contributed by atoms with E-state index in [1.165, 1.54) is 38.1 Å². The van der Waals surface area contributed by atoms with E-state index in [-0.39, 0.29) is 9.79 Å². The van der Waals surface area contributed by atoms with Crippen LogP contribution in [0.3, 0.4) is 0 Å². The molecule has 0 aliphatic heterocycles. The molecule has 2 aromatic carbocycles.